The van der Waals surface area contributed by atoms with E-state index in [0.717, 1.165) is 5.56 Å². The Labute approximate surface area is 174 Å². The quantitative estimate of drug-likeness (QED) is 0.529. The first-order valence-corrected chi connectivity index (χ1v) is 10.9. The molecule has 0 spiro atoms. The predicted octanol–water partition coefficient (Wildman–Crippen LogP) is 2.32. The van der Waals surface area contributed by atoms with E-state index in [4.69, 9.17) is 4.74 Å². The van der Waals surface area contributed by atoms with Gasteiger partial charge in [0.15, 0.2) is 4.90 Å². The highest BCUT2D eigenvalue weighted by Crippen LogP contribution is 2.29. The molecule has 0 atom stereocenters. The average Bonchev–Trinajstić information content (AvgIpc) is 2.77. The van der Waals surface area contributed by atoms with E-state index in [9.17, 15) is 23.3 Å². The van der Waals surface area contributed by atoms with E-state index >= 15 is 0 Å². The van der Waals surface area contributed by atoms with Gasteiger partial charge >= 0.3 is 0 Å². The molecule has 1 aliphatic heterocycles. The van der Waals surface area contributed by atoms with Gasteiger partial charge in [0.25, 0.3) is 5.69 Å². The molecular formula is C20H23N3O6S. The number of hydrogen-bond donors (Lipinski definition) is 1. The third kappa shape index (κ3) is 4.60. The molecule has 30 heavy (non-hydrogen) atoms. The molecule has 0 aromatic heterocycles. The molecule has 0 aliphatic carbocycles. The van der Waals surface area contributed by atoms with Crippen LogP contribution in [0, 0.1) is 16.0 Å². The third-order valence-electron chi connectivity index (χ3n) is 5.15. The zero-order valence-electron chi connectivity index (χ0n) is 16.5. The number of ether oxygens (including phenoxy) is 1. The molecule has 0 radical (unpaired) electrons. The number of nitrogens with one attached hydrogen (secondary N) is 1. The van der Waals surface area contributed by atoms with Crippen LogP contribution < -0.4 is 10.1 Å². The fourth-order valence-corrected chi connectivity index (χ4v) is 5.13. The first kappa shape index (κ1) is 21.7. The highest BCUT2D eigenvalue weighted by atomic mass is 32.2. The van der Waals surface area contributed by atoms with E-state index in [1.54, 1.807) is 7.11 Å². The van der Waals surface area contributed by atoms with Gasteiger partial charge in [0.2, 0.25) is 15.9 Å². The van der Waals surface area contributed by atoms with Gasteiger partial charge in [-0.2, -0.15) is 4.31 Å². The standard InChI is InChI=1S/C20H23N3O6S/c1-29-18-8-4-2-6-16(18)14-21-20(24)15-10-12-22(13-11-15)30(27,28)19-9-5-3-7-17(19)23(25)26/h2-9,15H,10-14H2,1H3,(H,21,24). The van der Waals surface area contributed by atoms with Crippen LogP contribution in [0.5, 0.6) is 5.75 Å². The molecule has 10 heteroatoms. The molecule has 2 aromatic carbocycles. The fraction of sp³-hybridized carbons (Fsp3) is 0.350. The summed E-state index contributed by atoms with van der Waals surface area (Å²) in [4.78, 5) is 22.7. The summed E-state index contributed by atoms with van der Waals surface area (Å²) in [7, 11) is -2.44. The zero-order valence-corrected chi connectivity index (χ0v) is 17.3. The molecule has 1 amide bonds. The van der Waals surface area contributed by atoms with E-state index in [1.807, 2.05) is 24.3 Å². The second kappa shape index (κ2) is 9.23. The number of para-hydroxylation sites is 2. The van der Waals surface area contributed by atoms with Crippen LogP contribution in [0.15, 0.2) is 53.4 Å². The lowest BCUT2D eigenvalue weighted by Gasteiger charge is -2.30. The molecule has 1 saturated heterocycles. The van der Waals surface area contributed by atoms with E-state index in [0.29, 0.717) is 25.1 Å². The van der Waals surface area contributed by atoms with Crippen molar-refractivity contribution in [3.05, 3.63) is 64.2 Å². The molecule has 1 heterocycles. The molecule has 2 aromatic rings. The number of benzene rings is 2. The number of nitro benzene ring substituents is 1. The summed E-state index contributed by atoms with van der Waals surface area (Å²) < 4.78 is 32.2. The number of nitro groups is 1. The predicted molar refractivity (Wildman–Crippen MR) is 109 cm³/mol. The van der Waals surface area contributed by atoms with Gasteiger partial charge < -0.3 is 10.1 Å². The Morgan fingerprint density at radius 1 is 1.17 bits per heavy atom. The number of amides is 1. The summed E-state index contributed by atoms with van der Waals surface area (Å²) in [6.07, 6.45) is 0.690. The molecule has 0 saturated carbocycles. The maximum Gasteiger partial charge on any atom is 0.289 e. The maximum atomic E-state index is 12.9. The Morgan fingerprint density at radius 2 is 1.80 bits per heavy atom. The van der Waals surface area contributed by atoms with Crippen molar-refractivity contribution in [3.63, 3.8) is 0 Å². The van der Waals surface area contributed by atoms with Crippen LogP contribution in [0.3, 0.4) is 0 Å². The van der Waals surface area contributed by atoms with Gasteiger partial charge in [0, 0.05) is 37.2 Å². The number of sulfonamides is 1. The molecule has 1 N–H and O–H groups in total. The molecular weight excluding hydrogens is 410 g/mol. The number of rotatable bonds is 7. The summed E-state index contributed by atoms with van der Waals surface area (Å²) in [6.45, 7) is 0.569. The van der Waals surface area contributed by atoms with E-state index in [1.165, 1.54) is 28.6 Å². The summed E-state index contributed by atoms with van der Waals surface area (Å²) in [5.74, 6) is 0.212. The van der Waals surface area contributed by atoms with Crippen molar-refractivity contribution in [2.45, 2.75) is 24.3 Å². The van der Waals surface area contributed by atoms with Gasteiger partial charge in [-0.05, 0) is 25.0 Å². The summed E-state index contributed by atoms with van der Waals surface area (Å²) >= 11 is 0. The second-order valence-electron chi connectivity index (χ2n) is 6.93. The van der Waals surface area contributed by atoms with Gasteiger partial charge in [-0.15, -0.1) is 0 Å². The van der Waals surface area contributed by atoms with Gasteiger partial charge in [0.1, 0.15) is 5.75 Å². The highest BCUT2D eigenvalue weighted by Gasteiger charge is 2.35. The zero-order chi connectivity index (χ0) is 21.7. The molecule has 0 bridgehead atoms. The second-order valence-corrected chi connectivity index (χ2v) is 8.84. The topological polar surface area (TPSA) is 119 Å². The van der Waals surface area contributed by atoms with Crippen LogP contribution >= 0.6 is 0 Å². The van der Waals surface area contributed by atoms with Crippen molar-refractivity contribution in [3.8, 4) is 5.75 Å². The largest absolute Gasteiger partial charge is 0.496 e. The van der Waals surface area contributed by atoms with Crippen LogP contribution in [-0.4, -0.2) is 43.8 Å². The van der Waals surface area contributed by atoms with Gasteiger partial charge in [-0.3, -0.25) is 14.9 Å². The minimum Gasteiger partial charge on any atom is -0.496 e. The van der Waals surface area contributed by atoms with Crippen molar-refractivity contribution in [2.75, 3.05) is 20.2 Å². The lowest BCUT2D eigenvalue weighted by molar-refractivity contribution is -0.387. The first-order chi connectivity index (χ1) is 14.3. The number of carbonyl (C=O) groups excluding carboxylic acids is 1. The van der Waals surface area contributed by atoms with Crippen molar-refractivity contribution in [2.24, 2.45) is 5.92 Å². The number of hydrogen-bond acceptors (Lipinski definition) is 6. The Bertz CT molecular complexity index is 1030. The van der Waals surface area contributed by atoms with Crippen molar-refractivity contribution >= 4 is 21.6 Å². The number of nitrogens with zero attached hydrogens (tertiary/aromatic N) is 2. The van der Waals surface area contributed by atoms with Gasteiger partial charge in [0.05, 0.1) is 12.0 Å². The summed E-state index contributed by atoms with van der Waals surface area (Å²) in [5, 5.41) is 14.1. The van der Waals surface area contributed by atoms with E-state index in [-0.39, 0.29) is 29.8 Å². The Balaban J connectivity index is 1.62. The van der Waals surface area contributed by atoms with Crippen LogP contribution in [0.25, 0.3) is 0 Å². The van der Waals surface area contributed by atoms with Crippen LogP contribution in [0.2, 0.25) is 0 Å². The van der Waals surface area contributed by atoms with Crippen molar-refractivity contribution in [1.29, 1.82) is 0 Å². The Hall–Kier alpha value is -2.98. The molecule has 1 aliphatic rings. The third-order valence-corrected chi connectivity index (χ3v) is 7.10. The number of carbonyl (C=O) groups is 1. The van der Waals surface area contributed by atoms with E-state index in [2.05, 4.69) is 5.32 Å². The molecule has 3 rings (SSSR count). The number of piperidine rings is 1. The minimum absolute atomic E-state index is 0.126. The SMILES string of the molecule is COc1ccccc1CNC(=O)C1CCN(S(=O)(=O)c2ccccc2[N+](=O)[O-])CC1. The average molecular weight is 433 g/mol. The molecule has 160 valence electrons. The summed E-state index contributed by atoms with van der Waals surface area (Å²) in [5.41, 5.74) is 0.402. The number of methoxy groups -OCH3 is 1. The minimum atomic E-state index is -4.01. The van der Waals surface area contributed by atoms with Gasteiger partial charge in [-0.1, -0.05) is 30.3 Å². The molecule has 9 nitrogen and oxygen atoms in total. The molecule has 1 fully saturated rings. The highest BCUT2D eigenvalue weighted by molar-refractivity contribution is 7.89. The normalized spacial score (nSPS) is 15.5. The Kier molecular flexibility index (Phi) is 6.68. The lowest BCUT2D eigenvalue weighted by Crippen LogP contribution is -2.43. The molecule has 0 unspecified atom stereocenters. The Morgan fingerprint density at radius 3 is 2.47 bits per heavy atom. The fourth-order valence-electron chi connectivity index (χ4n) is 3.50. The van der Waals surface area contributed by atoms with Crippen LogP contribution in [0.4, 0.5) is 5.69 Å². The first-order valence-electron chi connectivity index (χ1n) is 9.47. The summed E-state index contributed by atoms with van der Waals surface area (Å²) in [6, 6.07) is 12.7. The smallest absolute Gasteiger partial charge is 0.289 e. The van der Waals surface area contributed by atoms with Crippen LogP contribution in [0.1, 0.15) is 18.4 Å². The monoisotopic (exact) mass is 433 g/mol. The van der Waals surface area contributed by atoms with Gasteiger partial charge in [-0.25, -0.2) is 8.42 Å². The lowest BCUT2D eigenvalue weighted by atomic mass is 9.97. The van der Waals surface area contributed by atoms with E-state index < -0.39 is 20.6 Å². The van der Waals surface area contributed by atoms with Crippen LogP contribution in [-0.2, 0) is 21.4 Å². The van der Waals surface area contributed by atoms with Crippen molar-refractivity contribution < 1.29 is 22.9 Å². The maximum absolute atomic E-state index is 12.9. The van der Waals surface area contributed by atoms with Crippen molar-refractivity contribution in [1.82, 2.24) is 9.62 Å².